The number of amides is 2. The van der Waals surface area contributed by atoms with Crippen LogP contribution in [0.1, 0.15) is 91.4 Å². The van der Waals surface area contributed by atoms with Gasteiger partial charge in [-0.2, -0.15) is 0 Å². The summed E-state index contributed by atoms with van der Waals surface area (Å²) in [7, 11) is 0. The fraction of sp³-hybridized carbons (Fsp3) is 0.781. The smallest absolute Gasteiger partial charge is 0.312 e. The van der Waals surface area contributed by atoms with E-state index in [1.807, 2.05) is 31.7 Å². The molecular weight excluding hydrogens is 508 g/mol. The molecule has 0 aromatic heterocycles. The van der Waals surface area contributed by atoms with E-state index in [0.717, 1.165) is 51.4 Å². The molecule has 8 heteroatoms. The van der Waals surface area contributed by atoms with Gasteiger partial charge in [-0.3, -0.25) is 14.4 Å². The summed E-state index contributed by atoms with van der Waals surface area (Å²) in [5.41, 5.74) is -1.99. The lowest BCUT2D eigenvalue weighted by atomic mass is 9.66. The number of rotatable bonds is 14. The second kappa shape index (κ2) is 12.8. The van der Waals surface area contributed by atoms with Gasteiger partial charge in [0.05, 0.1) is 30.8 Å². The van der Waals surface area contributed by atoms with E-state index in [1.165, 1.54) is 0 Å². The number of ether oxygens (including phenoxy) is 2. The van der Waals surface area contributed by atoms with E-state index in [2.05, 4.69) is 13.2 Å². The van der Waals surface area contributed by atoms with Crippen LogP contribution in [-0.2, 0) is 23.9 Å². The standard InChI is InChI=1S/C32H50N2O6/c1-6-8-9-13-19-39-30(38)26-25-28(36)34(24(21-35)20-22(3)4)27(32(25)17-16-31(26,5)40-32)29(37)33(18-7-2)23-14-11-10-12-15-23/h6-7,22-27,35H,1-2,8-21H2,3-5H3/t24-,25+,26-,27?,31+,32?/m1/s1. The van der Waals surface area contributed by atoms with Crippen molar-refractivity contribution in [3.8, 4) is 0 Å². The van der Waals surface area contributed by atoms with Gasteiger partial charge in [0.15, 0.2) is 0 Å². The van der Waals surface area contributed by atoms with Gasteiger partial charge in [-0.1, -0.05) is 45.3 Å². The molecule has 3 aliphatic heterocycles. The number of fused-ring (bicyclic) bond motifs is 1. The first-order valence-corrected chi connectivity index (χ1v) is 15.5. The van der Waals surface area contributed by atoms with Crippen LogP contribution >= 0.6 is 0 Å². The van der Waals surface area contributed by atoms with Gasteiger partial charge in [0.2, 0.25) is 11.8 Å². The molecule has 1 N–H and O–H groups in total. The van der Waals surface area contributed by atoms with Gasteiger partial charge in [0.1, 0.15) is 17.6 Å². The molecule has 4 fully saturated rings. The second-order valence-electron chi connectivity index (χ2n) is 13.0. The third-order valence-electron chi connectivity index (χ3n) is 9.72. The lowest BCUT2D eigenvalue weighted by molar-refractivity contribution is -0.162. The highest BCUT2D eigenvalue weighted by atomic mass is 16.6. The van der Waals surface area contributed by atoms with Crippen molar-refractivity contribution < 1.29 is 29.0 Å². The van der Waals surface area contributed by atoms with E-state index in [1.54, 1.807) is 11.0 Å². The molecule has 4 rings (SSSR count). The molecule has 2 bridgehead atoms. The normalized spacial score (nSPS) is 32.3. The second-order valence-corrected chi connectivity index (χ2v) is 13.0. The summed E-state index contributed by atoms with van der Waals surface area (Å²) >= 11 is 0. The number of likely N-dealkylation sites (tertiary alicyclic amines) is 1. The highest BCUT2D eigenvalue weighted by Gasteiger charge is 2.79. The van der Waals surface area contributed by atoms with Gasteiger partial charge in [0.25, 0.3) is 0 Å². The summed E-state index contributed by atoms with van der Waals surface area (Å²) in [4.78, 5) is 46.2. The van der Waals surface area contributed by atoms with E-state index in [4.69, 9.17) is 9.47 Å². The largest absolute Gasteiger partial charge is 0.465 e. The molecule has 0 radical (unpaired) electrons. The summed E-state index contributed by atoms with van der Waals surface area (Å²) in [6.07, 6.45) is 12.8. The highest BCUT2D eigenvalue weighted by molar-refractivity contribution is 5.98. The molecule has 3 heterocycles. The third kappa shape index (κ3) is 5.50. The fourth-order valence-corrected chi connectivity index (χ4v) is 7.98. The molecule has 8 nitrogen and oxygen atoms in total. The Labute approximate surface area is 240 Å². The first-order valence-electron chi connectivity index (χ1n) is 15.5. The monoisotopic (exact) mass is 558 g/mol. The van der Waals surface area contributed by atoms with Gasteiger partial charge in [-0.15, -0.1) is 13.2 Å². The third-order valence-corrected chi connectivity index (χ3v) is 9.72. The molecule has 0 aromatic rings. The zero-order chi connectivity index (χ0) is 29.1. The van der Waals surface area contributed by atoms with E-state index in [9.17, 15) is 19.5 Å². The Bertz CT molecular complexity index is 961. The number of allylic oxidation sites excluding steroid dienone is 1. The molecule has 3 saturated heterocycles. The zero-order valence-electron chi connectivity index (χ0n) is 24.8. The molecule has 1 aliphatic carbocycles. The first kappa shape index (κ1) is 30.8. The van der Waals surface area contributed by atoms with Gasteiger partial charge >= 0.3 is 5.97 Å². The number of esters is 1. The number of hydrogen-bond donors (Lipinski definition) is 1. The van der Waals surface area contributed by atoms with E-state index in [-0.39, 0.29) is 37.0 Å². The van der Waals surface area contributed by atoms with Gasteiger partial charge in [-0.05, 0) is 64.2 Å². The van der Waals surface area contributed by atoms with Crippen LogP contribution in [0.15, 0.2) is 25.3 Å². The summed E-state index contributed by atoms with van der Waals surface area (Å²) < 4.78 is 12.5. The van der Waals surface area contributed by atoms with Crippen LogP contribution in [0.2, 0.25) is 0 Å². The van der Waals surface area contributed by atoms with Crippen molar-refractivity contribution in [1.82, 2.24) is 9.80 Å². The lowest BCUT2D eigenvalue weighted by Crippen LogP contribution is -2.60. The highest BCUT2D eigenvalue weighted by Crippen LogP contribution is 2.64. The minimum Gasteiger partial charge on any atom is -0.465 e. The topological polar surface area (TPSA) is 96.4 Å². The molecule has 2 amide bonds. The van der Waals surface area contributed by atoms with Crippen molar-refractivity contribution in [1.29, 1.82) is 0 Å². The molecule has 6 atom stereocenters. The number of nitrogens with zero attached hydrogens (tertiary/aromatic N) is 2. The molecule has 1 saturated carbocycles. The minimum atomic E-state index is -1.12. The Kier molecular flexibility index (Phi) is 9.82. The predicted octanol–water partition coefficient (Wildman–Crippen LogP) is 4.40. The lowest BCUT2D eigenvalue weighted by Gasteiger charge is -2.42. The summed E-state index contributed by atoms with van der Waals surface area (Å²) in [5.74, 6) is -2.22. The molecule has 40 heavy (non-hydrogen) atoms. The first-order chi connectivity index (χ1) is 19.1. The number of hydrogen-bond acceptors (Lipinski definition) is 6. The Balaban J connectivity index is 1.71. The van der Waals surface area contributed by atoms with Crippen molar-refractivity contribution in [3.63, 3.8) is 0 Å². The van der Waals surface area contributed by atoms with Gasteiger partial charge in [-0.25, -0.2) is 0 Å². The van der Waals surface area contributed by atoms with Gasteiger partial charge in [0, 0.05) is 12.6 Å². The molecule has 224 valence electrons. The van der Waals surface area contributed by atoms with Crippen LogP contribution < -0.4 is 0 Å². The van der Waals surface area contributed by atoms with E-state index >= 15 is 0 Å². The van der Waals surface area contributed by atoms with Crippen LogP contribution in [0.5, 0.6) is 0 Å². The number of aliphatic hydroxyl groups is 1. The van der Waals surface area contributed by atoms with Crippen molar-refractivity contribution in [2.75, 3.05) is 19.8 Å². The predicted molar refractivity (Wildman–Crippen MR) is 153 cm³/mol. The van der Waals surface area contributed by atoms with Crippen molar-refractivity contribution in [2.45, 2.75) is 121 Å². The molecule has 4 aliphatic rings. The summed E-state index contributed by atoms with van der Waals surface area (Å²) in [5, 5.41) is 10.5. The van der Waals surface area contributed by atoms with Crippen molar-refractivity contribution in [2.24, 2.45) is 17.8 Å². The summed E-state index contributed by atoms with van der Waals surface area (Å²) in [6.45, 7) is 14.1. The van der Waals surface area contributed by atoms with Crippen LogP contribution in [0.3, 0.4) is 0 Å². The fourth-order valence-electron chi connectivity index (χ4n) is 7.98. The van der Waals surface area contributed by atoms with Gasteiger partial charge < -0.3 is 24.4 Å². The quantitative estimate of drug-likeness (QED) is 0.193. The molecule has 2 unspecified atom stereocenters. The maximum Gasteiger partial charge on any atom is 0.312 e. The van der Waals surface area contributed by atoms with Crippen LogP contribution in [0.4, 0.5) is 0 Å². The average molecular weight is 559 g/mol. The Hall–Kier alpha value is -2.19. The maximum absolute atomic E-state index is 14.7. The Morgan fingerprint density at radius 1 is 1.18 bits per heavy atom. The SMILES string of the molecule is C=CCCCCOC(=O)[C@H]1[C@H]2C(=O)N([C@@H](CO)CC(C)C)C(C(=O)N(CC=C)C3CCCCC3)C23CC[C@]1(C)O3. The zero-order valence-corrected chi connectivity index (χ0v) is 24.8. The Morgan fingerprint density at radius 3 is 2.52 bits per heavy atom. The number of carbonyl (C=O) groups excluding carboxylic acids is 3. The number of carbonyl (C=O) groups is 3. The van der Waals surface area contributed by atoms with Crippen molar-refractivity contribution in [3.05, 3.63) is 25.3 Å². The van der Waals surface area contributed by atoms with Crippen LogP contribution in [0, 0.1) is 17.8 Å². The minimum absolute atomic E-state index is 0.0786. The average Bonchev–Trinajstić information content (AvgIpc) is 3.50. The van der Waals surface area contributed by atoms with Crippen LogP contribution in [-0.4, -0.2) is 81.8 Å². The van der Waals surface area contributed by atoms with Crippen LogP contribution in [0.25, 0.3) is 0 Å². The Morgan fingerprint density at radius 2 is 1.90 bits per heavy atom. The molecule has 0 aromatic carbocycles. The maximum atomic E-state index is 14.7. The summed E-state index contributed by atoms with van der Waals surface area (Å²) in [6, 6.07) is -1.35. The van der Waals surface area contributed by atoms with Crippen molar-refractivity contribution >= 4 is 17.8 Å². The van der Waals surface area contributed by atoms with E-state index < -0.39 is 41.1 Å². The van der Waals surface area contributed by atoms with E-state index in [0.29, 0.717) is 25.8 Å². The number of unbranched alkanes of at least 4 members (excludes halogenated alkanes) is 2. The molecular formula is C32H50N2O6. The number of aliphatic hydroxyl groups excluding tert-OH is 1. The molecule has 1 spiro atoms.